The lowest BCUT2D eigenvalue weighted by atomic mass is 10.3. The van der Waals surface area contributed by atoms with Crippen LogP contribution in [0, 0.1) is 6.54 Å². The van der Waals surface area contributed by atoms with Crippen LogP contribution in [0.4, 0.5) is 13.2 Å². The third kappa shape index (κ3) is 1.50. The van der Waals surface area contributed by atoms with Gasteiger partial charge in [-0.15, -0.1) is 0 Å². The second-order valence-electron chi connectivity index (χ2n) is 2.15. The van der Waals surface area contributed by atoms with Crippen LogP contribution in [-0.4, -0.2) is 24.7 Å². The van der Waals surface area contributed by atoms with E-state index in [9.17, 15) is 13.2 Å². The predicted octanol–water partition coefficient (Wildman–Crippen LogP) is 1.46. The molecule has 4 heteroatoms. The number of rotatable bonds is 0. The zero-order valence-corrected chi connectivity index (χ0v) is 5.37. The molecule has 1 nitrogen and oxygen atoms in total. The molecule has 0 unspecified atom stereocenters. The first-order valence-corrected chi connectivity index (χ1v) is 2.73. The molecule has 0 aliphatic carbocycles. The molecular formula is C6H6F3N. The van der Waals surface area contributed by atoms with Crippen molar-refractivity contribution in [3.63, 3.8) is 0 Å². The van der Waals surface area contributed by atoms with Crippen LogP contribution in [0.1, 0.15) is 0 Å². The average molecular weight is 149 g/mol. The van der Waals surface area contributed by atoms with Gasteiger partial charge in [0.25, 0.3) is 0 Å². The second kappa shape index (κ2) is 2.27. The summed E-state index contributed by atoms with van der Waals surface area (Å²) in [5.41, 5.74) is -0.532. The lowest BCUT2D eigenvalue weighted by Crippen LogP contribution is -2.18. The molecule has 1 heterocycles. The zero-order valence-electron chi connectivity index (χ0n) is 5.37. The topological polar surface area (TPSA) is 3.24 Å². The Morgan fingerprint density at radius 2 is 2.20 bits per heavy atom. The minimum atomic E-state index is -4.18. The summed E-state index contributed by atoms with van der Waals surface area (Å²) in [4.78, 5) is 1.36. The highest BCUT2D eigenvalue weighted by atomic mass is 19.4. The van der Waals surface area contributed by atoms with E-state index in [1.165, 1.54) is 4.90 Å². The van der Waals surface area contributed by atoms with Crippen molar-refractivity contribution in [2.24, 2.45) is 0 Å². The molecule has 1 aliphatic rings. The zero-order chi connectivity index (χ0) is 7.78. The maximum Gasteiger partial charge on any atom is 0.413 e. The van der Waals surface area contributed by atoms with Gasteiger partial charge in [0.1, 0.15) is 0 Å². The highest BCUT2D eigenvalue weighted by Gasteiger charge is 2.36. The predicted molar refractivity (Wildman–Crippen MR) is 30.0 cm³/mol. The summed E-state index contributed by atoms with van der Waals surface area (Å²) >= 11 is 0. The Balaban J connectivity index is 2.60. The number of alkyl halides is 3. The first-order chi connectivity index (χ1) is 4.50. The van der Waals surface area contributed by atoms with Crippen molar-refractivity contribution >= 4 is 0 Å². The SMILES string of the molecule is CN1[C]C=C(C(F)(F)F)C1. The maximum absolute atomic E-state index is 11.8. The van der Waals surface area contributed by atoms with Crippen molar-refractivity contribution in [2.45, 2.75) is 6.18 Å². The Bertz CT molecular complexity index is 159. The molecule has 0 aromatic heterocycles. The Morgan fingerprint density at radius 3 is 2.40 bits per heavy atom. The summed E-state index contributed by atoms with van der Waals surface area (Å²) in [6.07, 6.45) is -3.21. The standard InChI is InChI=1S/C6H6F3N/c1-10-3-2-5(4-10)6(7,8)9/h2H,4H2,1H3. The van der Waals surface area contributed by atoms with Gasteiger partial charge in [-0.2, -0.15) is 13.2 Å². The number of halogens is 3. The second-order valence-corrected chi connectivity index (χ2v) is 2.15. The van der Waals surface area contributed by atoms with Crippen LogP contribution >= 0.6 is 0 Å². The lowest BCUT2D eigenvalue weighted by Gasteiger charge is -2.09. The molecule has 0 bridgehead atoms. The largest absolute Gasteiger partial charge is 0.413 e. The van der Waals surface area contributed by atoms with Crippen LogP contribution in [0.3, 0.4) is 0 Å². The molecule has 0 N–H and O–H groups in total. The number of hydrogen-bond acceptors (Lipinski definition) is 1. The van der Waals surface area contributed by atoms with Crippen molar-refractivity contribution in [1.82, 2.24) is 4.90 Å². The molecule has 1 rings (SSSR count). The third-order valence-corrected chi connectivity index (χ3v) is 1.23. The van der Waals surface area contributed by atoms with Gasteiger partial charge in [0.2, 0.25) is 0 Å². The van der Waals surface area contributed by atoms with E-state index in [4.69, 9.17) is 0 Å². The minimum Gasteiger partial charge on any atom is -0.289 e. The first-order valence-electron chi connectivity index (χ1n) is 2.73. The number of likely N-dealkylation sites (N-methyl/N-ethyl adjacent to an activating group) is 1. The summed E-state index contributed by atoms with van der Waals surface area (Å²) in [5, 5.41) is 0. The van der Waals surface area contributed by atoms with Gasteiger partial charge in [-0.3, -0.25) is 4.90 Å². The molecule has 0 fully saturated rings. The van der Waals surface area contributed by atoms with Gasteiger partial charge in [-0.05, 0) is 7.05 Å². The maximum atomic E-state index is 11.8. The molecule has 10 heavy (non-hydrogen) atoms. The van der Waals surface area contributed by atoms with Crippen molar-refractivity contribution in [3.05, 3.63) is 18.2 Å². The van der Waals surface area contributed by atoms with Crippen LogP contribution in [0.25, 0.3) is 0 Å². The fourth-order valence-electron chi connectivity index (χ4n) is 0.706. The fraction of sp³-hybridized carbons (Fsp3) is 0.500. The van der Waals surface area contributed by atoms with E-state index in [0.717, 1.165) is 6.08 Å². The quantitative estimate of drug-likeness (QED) is 0.504. The summed E-state index contributed by atoms with van der Waals surface area (Å²) < 4.78 is 35.4. The van der Waals surface area contributed by atoms with E-state index in [0.29, 0.717) is 0 Å². The third-order valence-electron chi connectivity index (χ3n) is 1.23. The summed E-state index contributed by atoms with van der Waals surface area (Å²) in [6.45, 7) is 2.35. The first kappa shape index (κ1) is 7.60. The highest BCUT2D eigenvalue weighted by molar-refractivity contribution is 5.21. The van der Waals surface area contributed by atoms with Crippen LogP contribution < -0.4 is 0 Å². The molecule has 0 spiro atoms. The van der Waals surface area contributed by atoms with Gasteiger partial charge in [0.05, 0.1) is 6.54 Å². The molecule has 0 atom stereocenters. The van der Waals surface area contributed by atoms with Crippen molar-refractivity contribution in [3.8, 4) is 0 Å². The Labute approximate surface area is 57.1 Å². The van der Waals surface area contributed by atoms with Crippen LogP contribution in [0.5, 0.6) is 0 Å². The highest BCUT2D eigenvalue weighted by Crippen LogP contribution is 2.29. The fourth-order valence-corrected chi connectivity index (χ4v) is 0.706. The monoisotopic (exact) mass is 149 g/mol. The van der Waals surface area contributed by atoms with E-state index < -0.39 is 11.7 Å². The Kier molecular flexibility index (Phi) is 1.72. The molecule has 0 saturated carbocycles. The molecule has 1 aliphatic heterocycles. The molecular weight excluding hydrogens is 143 g/mol. The van der Waals surface area contributed by atoms with Crippen LogP contribution in [0.15, 0.2) is 11.6 Å². The van der Waals surface area contributed by atoms with Gasteiger partial charge < -0.3 is 0 Å². The van der Waals surface area contributed by atoms with E-state index in [2.05, 4.69) is 6.54 Å². The molecule has 0 saturated heterocycles. The summed E-state index contributed by atoms with van der Waals surface area (Å²) in [6, 6.07) is 0. The summed E-state index contributed by atoms with van der Waals surface area (Å²) in [5.74, 6) is 0. The molecule has 0 amide bonds. The number of nitrogens with zero attached hydrogens (tertiary/aromatic N) is 1. The smallest absolute Gasteiger partial charge is 0.289 e. The average Bonchev–Trinajstić information content (AvgIpc) is 2.11. The summed E-state index contributed by atoms with van der Waals surface area (Å²) in [7, 11) is 1.55. The van der Waals surface area contributed by atoms with E-state index in [1.807, 2.05) is 0 Å². The van der Waals surface area contributed by atoms with Gasteiger partial charge in [0.15, 0.2) is 0 Å². The Hall–Kier alpha value is -0.510. The number of hydrogen-bond donors (Lipinski definition) is 0. The molecule has 0 aromatic carbocycles. The van der Waals surface area contributed by atoms with E-state index in [-0.39, 0.29) is 6.54 Å². The van der Waals surface area contributed by atoms with Gasteiger partial charge in [-0.1, -0.05) is 6.08 Å². The van der Waals surface area contributed by atoms with Gasteiger partial charge >= 0.3 is 6.18 Å². The van der Waals surface area contributed by atoms with Crippen molar-refractivity contribution in [2.75, 3.05) is 13.6 Å². The van der Waals surface area contributed by atoms with E-state index in [1.54, 1.807) is 7.05 Å². The van der Waals surface area contributed by atoms with Crippen molar-refractivity contribution in [1.29, 1.82) is 0 Å². The van der Waals surface area contributed by atoms with Crippen LogP contribution in [-0.2, 0) is 0 Å². The van der Waals surface area contributed by atoms with Gasteiger partial charge in [0, 0.05) is 12.1 Å². The van der Waals surface area contributed by atoms with E-state index >= 15 is 0 Å². The van der Waals surface area contributed by atoms with Gasteiger partial charge in [-0.25, -0.2) is 0 Å². The molecule has 2 radical (unpaired) electrons. The minimum absolute atomic E-state index is 0.0799. The van der Waals surface area contributed by atoms with Crippen LogP contribution in [0.2, 0.25) is 0 Å². The molecule has 0 aromatic rings. The van der Waals surface area contributed by atoms with Crippen molar-refractivity contribution < 1.29 is 13.2 Å². The normalized spacial score (nSPS) is 21.4. The lowest BCUT2D eigenvalue weighted by molar-refractivity contribution is -0.0932. The molecule has 56 valence electrons. The Morgan fingerprint density at radius 1 is 1.60 bits per heavy atom.